The lowest BCUT2D eigenvalue weighted by Crippen LogP contribution is -2.20. The zero-order chi connectivity index (χ0) is 14.7. The Labute approximate surface area is 111 Å². The number of nitrogens with zero attached hydrogens (tertiary/aromatic N) is 2. The van der Waals surface area contributed by atoms with E-state index in [4.69, 9.17) is 5.11 Å². The van der Waals surface area contributed by atoms with E-state index in [9.17, 15) is 19.7 Å². The first kappa shape index (κ1) is 13.4. The van der Waals surface area contributed by atoms with E-state index >= 15 is 0 Å². The molecular weight excluding hydrogens is 266 g/mol. The zero-order valence-corrected chi connectivity index (χ0v) is 10.1. The van der Waals surface area contributed by atoms with Gasteiger partial charge in [-0.1, -0.05) is 18.2 Å². The third-order valence-electron chi connectivity index (χ3n) is 2.63. The number of nitrogens with one attached hydrogen (secondary N) is 1. The number of nitro benzene ring substituents is 1. The van der Waals surface area contributed by atoms with Crippen LogP contribution in [0.1, 0.15) is 21.7 Å². The highest BCUT2D eigenvalue weighted by Gasteiger charge is 2.15. The van der Waals surface area contributed by atoms with E-state index < -0.39 is 22.0 Å². The van der Waals surface area contributed by atoms with Crippen molar-refractivity contribution in [2.75, 3.05) is 0 Å². The van der Waals surface area contributed by atoms with E-state index in [0.29, 0.717) is 5.56 Å². The van der Waals surface area contributed by atoms with Crippen LogP contribution in [-0.4, -0.2) is 26.0 Å². The van der Waals surface area contributed by atoms with Gasteiger partial charge in [0.05, 0.1) is 4.92 Å². The minimum absolute atomic E-state index is 0.0340. The minimum Gasteiger partial charge on any atom is -0.477 e. The Morgan fingerprint density at radius 3 is 2.70 bits per heavy atom. The molecule has 0 bridgehead atoms. The van der Waals surface area contributed by atoms with Crippen molar-refractivity contribution in [2.45, 2.75) is 6.42 Å². The lowest BCUT2D eigenvalue weighted by atomic mass is 10.1. The molecule has 0 atom stereocenters. The number of nitro groups is 1. The van der Waals surface area contributed by atoms with Crippen LogP contribution >= 0.6 is 0 Å². The number of hydrogen-bond donors (Lipinski definition) is 2. The number of aromatic nitrogens is 2. The van der Waals surface area contributed by atoms with E-state index in [1.54, 1.807) is 12.1 Å². The molecule has 2 rings (SSSR count). The van der Waals surface area contributed by atoms with Crippen molar-refractivity contribution in [3.63, 3.8) is 0 Å². The molecule has 0 saturated heterocycles. The molecule has 102 valence electrons. The number of carbonyl (C=O) groups is 1. The Hall–Kier alpha value is -3.03. The smallest absolute Gasteiger partial charge is 0.342 e. The highest BCUT2D eigenvalue weighted by Crippen LogP contribution is 2.19. The van der Waals surface area contributed by atoms with E-state index in [0.717, 1.165) is 6.20 Å². The molecule has 0 unspecified atom stereocenters. The van der Waals surface area contributed by atoms with Gasteiger partial charge in [0.15, 0.2) is 0 Å². The van der Waals surface area contributed by atoms with E-state index in [-0.39, 0.29) is 17.9 Å². The maximum Gasteiger partial charge on any atom is 0.342 e. The summed E-state index contributed by atoms with van der Waals surface area (Å²) < 4.78 is 0. The highest BCUT2D eigenvalue weighted by atomic mass is 16.6. The van der Waals surface area contributed by atoms with Crippen molar-refractivity contribution in [3.05, 3.63) is 67.9 Å². The van der Waals surface area contributed by atoms with Crippen LogP contribution in [0.3, 0.4) is 0 Å². The number of aromatic amines is 1. The quantitative estimate of drug-likeness (QED) is 0.632. The number of aromatic carboxylic acids is 1. The summed E-state index contributed by atoms with van der Waals surface area (Å²) >= 11 is 0. The van der Waals surface area contributed by atoms with Gasteiger partial charge in [0.1, 0.15) is 11.4 Å². The Balaban J connectivity index is 2.36. The summed E-state index contributed by atoms with van der Waals surface area (Å²) in [5.74, 6) is -1.22. The van der Waals surface area contributed by atoms with Crippen LogP contribution in [0.15, 0.2) is 35.3 Å². The zero-order valence-electron chi connectivity index (χ0n) is 10.1. The van der Waals surface area contributed by atoms with Crippen LogP contribution in [0.5, 0.6) is 0 Å². The standard InChI is InChI=1S/C12H9N3O5/c16-11-8(12(17)18)6-13-10(14-11)5-7-3-1-2-4-9(7)15(19)20/h1-4,6H,5H2,(H,17,18)(H,13,14,16). The van der Waals surface area contributed by atoms with Gasteiger partial charge in [-0.2, -0.15) is 0 Å². The average molecular weight is 275 g/mol. The summed E-state index contributed by atoms with van der Waals surface area (Å²) in [7, 11) is 0. The second kappa shape index (κ2) is 5.31. The maximum atomic E-state index is 11.5. The Bertz CT molecular complexity index is 738. The summed E-state index contributed by atoms with van der Waals surface area (Å²) in [6.45, 7) is 0. The molecule has 1 aromatic heterocycles. The lowest BCUT2D eigenvalue weighted by molar-refractivity contribution is -0.385. The summed E-state index contributed by atoms with van der Waals surface area (Å²) in [6.07, 6.45) is 0.970. The molecule has 0 fully saturated rings. The van der Waals surface area contributed by atoms with Crippen molar-refractivity contribution in [1.82, 2.24) is 9.97 Å². The van der Waals surface area contributed by atoms with Crippen LogP contribution in [-0.2, 0) is 6.42 Å². The first-order chi connectivity index (χ1) is 9.49. The number of carboxylic acids is 1. The van der Waals surface area contributed by atoms with Crippen molar-refractivity contribution in [3.8, 4) is 0 Å². The fraction of sp³-hybridized carbons (Fsp3) is 0.0833. The van der Waals surface area contributed by atoms with Crippen LogP contribution < -0.4 is 5.56 Å². The molecule has 0 amide bonds. The predicted molar refractivity (Wildman–Crippen MR) is 67.7 cm³/mol. The largest absolute Gasteiger partial charge is 0.477 e. The van der Waals surface area contributed by atoms with E-state index in [1.165, 1.54) is 12.1 Å². The van der Waals surface area contributed by atoms with Crippen LogP contribution in [0.25, 0.3) is 0 Å². The average Bonchev–Trinajstić information content (AvgIpc) is 2.38. The second-order valence-corrected chi connectivity index (χ2v) is 3.94. The van der Waals surface area contributed by atoms with Crippen molar-refractivity contribution >= 4 is 11.7 Å². The third-order valence-corrected chi connectivity index (χ3v) is 2.63. The molecule has 0 aliphatic rings. The first-order valence-corrected chi connectivity index (χ1v) is 5.53. The van der Waals surface area contributed by atoms with Gasteiger partial charge in [-0.25, -0.2) is 9.78 Å². The van der Waals surface area contributed by atoms with Gasteiger partial charge >= 0.3 is 5.97 Å². The van der Waals surface area contributed by atoms with Crippen molar-refractivity contribution in [2.24, 2.45) is 0 Å². The van der Waals surface area contributed by atoms with Crippen LogP contribution in [0, 0.1) is 10.1 Å². The summed E-state index contributed by atoms with van der Waals surface area (Å²) in [5, 5.41) is 19.6. The van der Waals surface area contributed by atoms with Gasteiger partial charge in [0.2, 0.25) is 0 Å². The predicted octanol–water partition coefficient (Wildman–Crippen LogP) is 0.967. The third kappa shape index (κ3) is 2.69. The number of para-hydroxylation sites is 1. The normalized spacial score (nSPS) is 10.2. The molecular formula is C12H9N3O5. The van der Waals surface area contributed by atoms with Gasteiger partial charge in [-0.05, 0) is 0 Å². The van der Waals surface area contributed by atoms with Crippen LogP contribution in [0.4, 0.5) is 5.69 Å². The number of benzene rings is 1. The Morgan fingerprint density at radius 1 is 1.40 bits per heavy atom. The summed E-state index contributed by atoms with van der Waals surface area (Å²) in [5.41, 5.74) is -0.974. The SMILES string of the molecule is O=C(O)c1cnc(Cc2ccccc2[N+](=O)[O-])[nH]c1=O. The molecule has 0 radical (unpaired) electrons. The maximum absolute atomic E-state index is 11.5. The monoisotopic (exact) mass is 275 g/mol. The molecule has 0 aliphatic heterocycles. The van der Waals surface area contributed by atoms with Crippen molar-refractivity contribution in [1.29, 1.82) is 0 Å². The molecule has 1 aromatic carbocycles. The lowest BCUT2D eigenvalue weighted by Gasteiger charge is -2.02. The molecule has 0 saturated carbocycles. The Morgan fingerprint density at radius 2 is 2.10 bits per heavy atom. The molecule has 0 spiro atoms. The number of rotatable bonds is 4. The number of hydrogen-bond acceptors (Lipinski definition) is 5. The van der Waals surface area contributed by atoms with Gasteiger partial charge in [-0.3, -0.25) is 14.9 Å². The number of H-pyrrole nitrogens is 1. The van der Waals surface area contributed by atoms with Gasteiger partial charge in [0, 0.05) is 24.2 Å². The summed E-state index contributed by atoms with van der Waals surface area (Å²) in [6, 6.07) is 6.06. The minimum atomic E-state index is -1.38. The number of carboxylic acid groups (broad SMARTS) is 1. The van der Waals surface area contributed by atoms with Gasteiger partial charge < -0.3 is 10.1 Å². The van der Waals surface area contributed by atoms with E-state index in [2.05, 4.69) is 9.97 Å². The molecule has 0 aliphatic carbocycles. The van der Waals surface area contributed by atoms with E-state index in [1.807, 2.05) is 0 Å². The molecule has 2 aromatic rings. The second-order valence-electron chi connectivity index (χ2n) is 3.94. The van der Waals surface area contributed by atoms with Gasteiger partial charge in [0.25, 0.3) is 11.2 Å². The topological polar surface area (TPSA) is 126 Å². The molecule has 8 nitrogen and oxygen atoms in total. The van der Waals surface area contributed by atoms with Gasteiger partial charge in [-0.15, -0.1) is 0 Å². The summed E-state index contributed by atoms with van der Waals surface area (Å²) in [4.78, 5) is 38.6. The fourth-order valence-electron chi connectivity index (χ4n) is 1.69. The molecule has 2 N–H and O–H groups in total. The first-order valence-electron chi connectivity index (χ1n) is 5.53. The highest BCUT2D eigenvalue weighted by molar-refractivity contribution is 5.86. The Kier molecular flexibility index (Phi) is 3.56. The molecule has 20 heavy (non-hydrogen) atoms. The fourth-order valence-corrected chi connectivity index (χ4v) is 1.69. The molecule has 1 heterocycles. The molecule has 8 heteroatoms. The van der Waals surface area contributed by atoms with Crippen molar-refractivity contribution < 1.29 is 14.8 Å². The van der Waals surface area contributed by atoms with Crippen LogP contribution in [0.2, 0.25) is 0 Å².